The Hall–Kier alpha value is -2.24. The highest BCUT2D eigenvalue weighted by Crippen LogP contribution is 2.24. The molecule has 1 amide bonds. The van der Waals surface area contributed by atoms with Crippen molar-refractivity contribution in [2.24, 2.45) is 0 Å². The van der Waals surface area contributed by atoms with Gasteiger partial charge in [0, 0.05) is 18.1 Å². The second-order valence-corrected chi connectivity index (χ2v) is 7.18. The standard InChI is InChI=1S/C20H20ClN3OS/c1-2-13-24-18-6-4-3-5-17(18)23-20(24)26-14-19(25)22-12-11-15-7-9-16(21)10-8-15/h2-10H,1,11-14H2,(H,22,25). The van der Waals surface area contributed by atoms with Gasteiger partial charge in [0.25, 0.3) is 0 Å². The monoisotopic (exact) mass is 385 g/mol. The summed E-state index contributed by atoms with van der Waals surface area (Å²) in [6.07, 6.45) is 2.62. The number of rotatable bonds is 8. The number of benzene rings is 2. The Morgan fingerprint density at radius 3 is 2.77 bits per heavy atom. The van der Waals surface area contributed by atoms with Crippen molar-refractivity contribution >= 4 is 40.3 Å². The van der Waals surface area contributed by atoms with E-state index in [1.807, 2.05) is 54.6 Å². The SMILES string of the molecule is C=CCn1c(SCC(=O)NCCc2ccc(Cl)cc2)nc2ccccc21. The molecule has 6 heteroatoms. The largest absolute Gasteiger partial charge is 0.355 e. The highest BCUT2D eigenvalue weighted by molar-refractivity contribution is 7.99. The molecule has 2 aromatic carbocycles. The molecule has 0 bridgehead atoms. The Bertz CT molecular complexity index is 905. The number of carbonyl (C=O) groups is 1. The molecule has 1 aromatic heterocycles. The quantitative estimate of drug-likeness (QED) is 0.464. The average Bonchev–Trinajstić information content (AvgIpc) is 3.00. The first-order chi connectivity index (χ1) is 12.7. The van der Waals surface area contributed by atoms with E-state index in [0.717, 1.165) is 33.2 Å². The molecule has 0 saturated carbocycles. The van der Waals surface area contributed by atoms with Gasteiger partial charge in [-0.1, -0.05) is 53.7 Å². The maximum Gasteiger partial charge on any atom is 0.230 e. The van der Waals surface area contributed by atoms with Crippen LogP contribution in [0.5, 0.6) is 0 Å². The first-order valence-electron chi connectivity index (χ1n) is 8.37. The van der Waals surface area contributed by atoms with Gasteiger partial charge >= 0.3 is 0 Å². The molecular weight excluding hydrogens is 366 g/mol. The minimum Gasteiger partial charge on any atom is -0.355 e. The lowest BCUT2D eigenvalue weighted by Gasteiger charge is -2.07. The summed E-state index contributed by atoms with van der Waals surface area (Å²) in [5.41, 5.74) is 3.13. The molecule has 1 N–H and O–H groups in total. The molecule has 0 atom stereocenters. The summed E-state index contributed by atoms with van der Waals surface area (Å²) in [6, 6.07) is 15.6. The van der Waals surface area contributed by atoms with E-state index in [-0.39, 0.29) is 5.91 Å². The molecule has 0 unspecified atom stereocenters. The van der Waals surface area contributed by atoms with E-state index < -0.39 is 0 Å². The molecule has 0 saturated heterocycles. The number of hydrogen-bond acceptors (Lipinski definition) is 3. The van der Waals surface area contributed by atoms with Crippen LogP contribution in [0.15, 0.2) is 66.3 Å². The van der Waals surface area contributed by atoms with Crippen LogP contribution in [-0.2, 0) is 17.8 Å². The highest BCUT2D eigenvalue weighted by Gasteiger charge is 2.11. The lowest BCUT2D eigenvalue weighted by atomic mass is 10.1. The maximum absolute atomic E-state index is 12.1. The minimum absolute atomic E-state index is 0.00109. The van der Waals surface area contributed by atoms with E-state index in [0.29, 0.717) is 18.8 Å². The first-order valence-corrected chi connectivity index (χ1v) is 9.74. The second-order valence-electron chi connectivity index (χ2n) is 5.80. The zero-order valence-electron chi connectivity index (χ0n) is 14.3. The van der Waals surface area contributed by atoms with Crippen molar-refractivity contribution in [1.29, 1.82) is 0 Å². The topological polar surface area (TPSA) is 46.9 Å². The van der Waals surface area contributed by atoms with Crippen LogP contribution < -0.4 is 5.32 Å². The number of para-hydroxylation sites is 2. The van der Waals surface area contributed by atoms with E-state index in [9.17, 15) is 4.79 Å². The fraction of sp³-hybridized carbons (Fsp3) is 0.200. The summed E-state index contributed by atoms with van der Waals surface area (Å²) >= 11 is 7.32. The Labute approximate surface area is 162 Å². The average molecular weight is 386 g/mol. The van der Waals surface area contributed by atoms with Crippen LogP contribution >= 0.6 is 23.4 Å². The highest BCUT2D eigenvalue weighted by atomic mass is 35.5. The van der Waals surface area contributed by atoms with Crippen LogP contribution in [0.25, 0.3) is 11.0 Å². The third-order valence-electron chi connectivity index (χ3n) is 3.91. The number of thioether (sulfide) groups is 1. The second kappa shape index (κ2) is 8.92. The summed E-state index contributed by atoms with van der Waals surface area (Å²) in [6.45, 7) is 5.08. The number of fused-ring (bicyclic) bond motifs is 1. The third kappa shape index (κ3) is 4.68. The number of allylic oxidation sites excluding steroid dienone is 1. The molecule has 3 aromatic rings. The fourth-order valence-electron chi connectivity index (χ4n) is 2.65. The van der Waals surface area contributed by atoms with Gasteiger partial charge in [0.1, 0.15) is 0 Å². The molecule has 0 aliphatic heterocycles. The van der Waals surface area contributed by atoms with Crippen molar-refractivity contribution in [3.05, 3.63) is 71.8 Å². The molecule has 134 valence electrons. The van der Waals surface area contributed by atoms with Gasteiger partial charge in [-0.05, 0) is 36.2 Å². The van der Waals surface area contributed by atoms with Gasteiger partial charge in [0.2, 0.25) is 5.91 Å². The summed E-state index contributed by atoms with van der Waals surface area (Å²) < 4.78 is 2.08. The van der Waals surface area contributed by atoms with E-state index >= 15 is 0 Å². The smallest absolute Gasteiger partial charge is 0.230 e. The zero-order chi connectivity index (χ0) is 18.4. The summed E-state index contributed by atoms with van der Waals surface area (Å²) in [5.74, 6) is 0.335. The van der Waals surface area contributed by atoms with Gasteiger partial charge in [-0.3, -0.25) is 4.79 Å². The fourth-order valence-corrected chi connectivity index (χ4v) is 3.63. The molecule has 3 rings (SSSR count). The van der Waals surface area contributed by atoms with Crippen molar-refractivity contribution in [1.82, 2.24) is 14.9 Å². The Kier molecular flexibility index (Phi) is 6.36. The van der Waals surface area contributed by atoms with Crippen LogP contribution in [0.1, 0.15) is 5.56 Å². The van der Waals surface area contributed by atoms with E-state index in [4.69, 9.17) is 11.6 Å². The predicted molar refractivity (Wildman–Crippen MR) is 109 cm³/mol. The van der Waals surface area contributed by atoms with E-state index in [1.165, 1.54) is 11.8 Å². The van der Waals surface area contributed by atoms with Crippen molar-refractivity contribution in [3.63, 3.8) is 0 Å². The van der Waals surface area contributed by atoms with Crippen LogP contribution in [0.3, 0.4) is 0 Å². The van der Waals surface area contributed by atoms with Gasteiger partial charge in [0.05, 0.1) is 16.8 Å². The van der Waals surface area contributed by atoms with Crippen molar-refractivity contribution in [2.75, 3.05) is 12.3 Å². The molecule has 26 heavy (non-hydrogen) atoms. The molecule has 0 fully saturated rings. The number of aromatic nitrogens is 2. The predicted octanol–water partition coefficient (Wildman–Crippen LogP) is 4.33. The van der Waals surface area contributed by atoms with Gasteiger partial charge in [0.15, 0.2) is 5.16 Å². The lowest BCUT2D eigenvalue weighted by molar-refractivity contribution is -0.118. The Morgan fingerprint density at radius 1 is 1.23 bits per heavy atom. The van der Waals surface area contributed by atoms with Crippen LogP contribution in [0.2, 0.25) is 5.02 Å². The molecule has 0 aliphatic carbocycles. The van der Waals surface area contributed by atoms with Crippen LogP contribution in [0.4, 0.5) is 0 Å². The first kappa shape index (κ1) is 18.5. The molecule has 4 nitrogen and oxygen atoms in total. The zero-order valence-corrected chi connectivity index (χ0v) is 15.9. The van der Waals surface area contributed by atoms with Crippen molar-refractivity contribution in [3.8, 4) is 0 Å². The number of imidazole rings is 1. The molecule has 0 aliphatic rings. The number of hydrogen-bond donors (Lipinski definition) is 1. The summed E-state index contributed by atoms with van der Waals surface area (Å²) in [7, 11) is 0. The van der Waals surface area contributed by atoms with E-state index in [1.54, 1.807) is 0 Å². The van der Waals surface area contributed by atoms with E-state index in [2.05, 4.69) is 21.4 Å². The van der Waals surface area contributed by atoms with Gasteiger partial charge < -0.3 is 9.88 Å². The number of halogens is 1. The number of nitrogens with zero attached hydrogens (tertiary/aromatic N) is 2. The van der Waals surface area contributed by atoms with Crippen molar-refractivity contribution in [2.45, 2.75) is 18.1 Å². The minimum atomic E-state index is 0.00109. The number of carbonyl (C=O) groups excluding carboxylic acids is 1. The summed E-state index contributed by atoms with van der Waals surface area (Å²) in [4.78, 5) is 16.8. The molecule has 1 heterocycles. The van der Waals surface area contributed by atoms with Crippen molar-refractivity contribution < 1.29 is 4.79 Å². The molecule has 0 spiro atoms. The number of amides is 1. The molecular formula is C20H20ClN3OS. The van der Waals surface area contributed by atoms with Gasteiger partial charge in [-0.15, -0.1) is 6.58 Å². The van der Waals surface area contributed by atoms with Crippen LogP contribution in [0, 0.1) is 0 Å². The normalized spacial score (nSPS) is 10.8. The van der Waals surface area contributed by atoms with Crippen LogP contribution in [-0.4, -0.2) is 27.8 Å². The summed E-state index contributed by atoms with van der Waals surface area (Å²) in [5, 5.41) is 4.50. The Balaban J connectivity index is 1.54. The third-order valence-corrected chi connectivity index (χ3v) is 5.14. The maximum atomic E-state index is 12.1. The number of nitrogens with one attached hydrogen (secondary N) is 1. The molecule has 0 radical (unpaired) electrons. The van der Waals surface area contributed by atoms with Gasteiger partial charge in [-0.2, -0.15) is 0 Å². The van der Waals surface area contributed by atoms with Gasteiger partial charge in [-0.25, -0.2) is 4.98 Å². The lowest BCUT2D eigenvalue weighted by Crippen LogP contribution is -2.27. The Morgan fingerprint density at radius 2 is 2.00 bits per heavy atom.